The van der Waals surface area contributed by atoms with E-state index in [-0.39, 0.29) is 6.04 Å². The number of hydrogen-bond acceptors (Lipinski definition) is 4. The fourth-order valence-corrected chi connectivity index (χ4v) is 2.48. The van der Waals surface area contributed by atoms with Gasteiger partial charge >= 0.3 is 0 Å². The number of hydrogen-bond donors (Lipinski definition) is 1. The Bertz CT molecular complexity index is 540. The first-order chi connectivity index (χ1) is 10.1. The molecule has 2 heterocycles. The average Bonchev–Trinajstić information content (AvgIpc) is 3.09. The van der Waals surface area contributed by atoms with Crippen LogP contribution in [0.15, 0.2) is 24.7 Å². The Kier molecular flexibility index (Phi) is 5.38. The zero-order valence-electron chi connectivity index (χ0n) is 13.5. The van der Waals surface area contributed by atoms with Crippen LogP contribution in [-0.2, 0) is 13.6 Å². The minimum absolute atomic E-state index is 0.206. The van der Waals surface area contributed by atoms with Gasteiger partial charge in [-0.25, -0.2) is 0 Å². The summed E-state index contributed by atoms with van der Waals surface area (Å²) in [6.45, 7) is 10.6. The van der Waals surface area contributed by atoms with Gasteiger partial charge in [0.2, 0.25) is 0 Å². The van der Waals surface area contributed by atoms with E-state index in [4.69, 9.17) is 0 Å². The average molecular weight is 290 g/mol. The maximum Gasteiger partial charge on any atom is 0.0731 e. The third kappa shape index (κ3) is 4.07. The van der Waals surface area contributed by atoms with E-state index in [2.05, 4.69) is 47.4 Å². The van der Waals surface area contributed by atoms with Crippen molar-refractivity contribution in [1.82, 2.24) is 24.5 Å². The van der Waals surface area contributed by atoms with E-state index in [9.17, 15) is 0 Å². The smallest absolute Gasteiger partial charge is 0.0731 e. The first-order valence-corrected chi connectivity index (χ1v) is 7.63. The molecule has 0 spiro atoms. The number of rotatable bonds is 8. The Hall–Kier alpha value is -1.82. The van der Waals surface area contributed by atoms with Crippen LogP contribution in [0.2, 0.25) is 0 Å². The van der Waals surface area contributed by atoms with Gasteiger partial charge in [-0.15, -0.1) is 0 Å². The lowest BCUT2D eigenvalue weighted by molar-refractivity contribution is 0.285. The van der Waals surface area contributed by atoms with Gasteiger partial charge in [0.25, 0.3) is 0 Å². The summed E-state index contributed by atoms with van der Waals surface area (Å²) in [7, 11) is 1.96. The van der Waals surface area contributed by atoms with Crippen molar-refractivity contribution in [2.75, 3.05) is 25.0 Å². The van der Waals surface area contributed by atoms with Gasteiger partial charge in [0.15, 0.2) is 0 Å². The molecule has 1 unspecified atom stereocenters. The van der Waals surface area contributed by atoms with Gasteiger partial charge in [-0.3, -0.25) is 9.36 Å². The van der Waals surface area contributed by atoms with Crippen molar-refractivity contribution in [3.05, 3.63) is 30.4 Å². The fourth-order valence-electron chi connectivity index (χ4n) is 2.48. The molecule has 0 saturated carbocycles. The second-order valence-electron chi connectivity index (χ2n) is 5.26. The second-order valence-corrected chi connectivity index (χ2v) is 5.26. The topological polar surface area (TPSA) is 50.9 Å². The molecule has 2 aromatic rings. The molecule has 0 fully saturated rings. The molecule has 0 aromatic carbocycles. The van der Waals surface area contributed by atoms with Crippen molar-refractivity contribution in [1.29, 1.82) is 0 Å². The first-order valence-electron chi connectivity index (χ1n) is 7.63. The van der Waals surface area contributed by atoms with Crippen LogP contribution >= 0.6 is 0 Å². The molecular formula is C15H26N6. The van der Waals surface area contributed by atoms with Crippen LogP contribution in [0, 0.1) is 0 Å². The van der Waals surface area contributed by atoms with Crippen molar-refractivity contribution in [2.24, 2.45) is 7.05 Å². The summed E-state index contributed by atoms with van der Waals surface area (Å²) in [5, 5.41) is 12.1. The molecular weight excluding hydrogens is 264 g/mol. The zero-order chi connectivity index (χ0) is 15.2. The van der Waals surface area contributed by atoms with Crippen molar-refractivity contribution < 1.29 is 0 Å². The number of aromatic nitrogens is 4. The lowest BCUT2D eigenvalue weighted by Crippen LogP contribution is -2.27. The van der Waals surface area contributed by atoms with Crippen molar-refractivity contribution in [2.45, 2.75) is 33.4 Å². The van der Waals surface area contributed by atoms with E-state index in [1.165, 1.54) is 0 Å². The molecule has 1 atom stereocenters. The van der Waals surface area contributed by atoms with Gasteiger partial charge in [0, 0.05) is 26.0 Å². The number of likely N-dealkylation sites (N-methyl/N-ethyl adjacent to an activating group) is 1. The maximum absolute atomic E-state index is 4.42. The minimum Gasteiger partial charge on any atom is -0.374 e. The van der Waals surface area contributed by atoms with Crippen molar-refractivity contribution >= 4 is 5.69 Å². The summed E-state index contributed by atoms with van der Waals surface area (Å²) >= 11 is 0. The maximum atomic E-state index is 4.42. The summed E-state index contributed by atoms with van der Waals surface area (Å²) in [6, 6.07) is 2.24. The molecule has 0 amide bonds. The monoisotopic (exact) mass is 290 g/mol. The number of nitrogens with one attached hydrogen (secondary N) is 1. The molecule has 0 aliphatic rings. The highest BCUT2D eigenvalue weighted by atomic mass is 15.3. The molecule has 6 nitrogen and oxygen atoms in total. The standard InChI is InChI=1S/C15H26N6/c1-5-20(6-2)9-10-21-12-14(11-17-21)18-13(3)15-7-8-16-19(15)4/h7-8,11-13,18H,5-6,9-10H2,1-4H3. The first kappa shape index (κ1) is 15.6. The highest BCUT2D eigenvalue weighted by Crippen LogP contribution is 2.17. The minimum atomic E-state index is 0.206. The SMILES string of the molecule is CCN(CC)CCn1cc(NC(C)c2ccnn2C)cn1. The summed E-state index contributed by atoms with van der Waals surface area (Å²) in [4.78, 5) is 2.40. The fraction of sp³-hybridized carbons (Fsp3) is 0.600. The molecule has 2 rings (SSSR count). The van der Waals surface area contributed by atoms with Gasteiger partial charge < -0.3 is 10.2 Å². The van der Waals surface area contributed by atoms with Gasteiger partial charge in [-0.1, -0.05) is 13.8 Å². The largest absolute Gasteiger partial charge is 0.374 e. The van der Waals surface area contributed by atoms with Crippen molar-refractivity contribution in [3.63, 3.8) is 0 Å². The highest BCUT2D eigenvalue weighted by Gasteiger charge is 2.10. The summed E-state index contributed by atoms with van der Waals surface area (Å²) in [5.41, 5.74) is 2.20. The molecule has 0 aliphatic carbocycles. The second kappa shape index (κ2) is 7.26. The summed E-state index contributed by atoms with van der Waals surface area (Å²) in [6.07, 6.45) is 5.77. The molecule has 0 saturated heterocycles. The Morgan fingerprint density at radius 1 is 1.29 bits per heavy atom. The van der Waals surface area contributed by atoms with Crippen LogP contribution in [0.25, 0.3) is 0 Å². The quantitative estimate of drug-likeness (QED) is 0.809. The lowest BCUT2D eigenvalue weighted by atomic mass is 10.2. The van der Waals surface area contributed by atoms with Gasteiger partial charge in [-0.05, 0) is 26.1 Å². The summed E-state index contributed by atoms with van der Waals surface area (Å²) in [5.74, 6) is 0. The van der Waals surface area contributed by atoms with E-state index in [0.717, 1.165) is 37.6 Å². The van der Waals surface area contributed by atoms with Crippen LogP contribution in [0.4, 0.5) is 5.69 Å². The van der Waals surface area contributed by atoms with Gasteiger partial charge in [0.05, 0.1) is 30.2 Å². The predicted molar refractivity (Wildman–Crippen MR) is 85.3 cm³/mol. The normalized spacial score (nSPS) is 12.8. The Morgan fingerprint density at radius 3 is 2.67 bits per heavy atom. The molecule has 1 N–H and O–H groups in total. The van der Waals surface area contributed by atoms with E-state index in [1.807, 2.05) is 34.9 Å². The number of nitrogens with zero attached hydrogens (tertiary/aromatic N) is 5. The molecule has 2 aromatic heterocycles. The highest BCUT2D eigenvalue weighted by molar-refractivity contribution is 5.40. The van der Waals surface area contributed by atoms with Crippen LogP contribution in [-0.4, -0.2) is 44.1 Å². The Balaban J connectivity index is 1.89. The van der Waals surface area contributed by atoms with Gasteiger partial charge in [0.1, 0.15) is 0 Å². The predicted octanol–water partition coefficient (Wildman–Crippen LogP) is 2.13. The third-order valence-corrected chi connectivity index (χ3v) is 3.86. The molecule has 21 heavy (non-hydrogen) atoms. The number of aryl methyl sites for hydroxylation is 1. The third-order valence-electron chi connectivity index (χ3n) is 3.86. The van der Waals surface area contributed by atoms with E-state index >= 15 is 0 Å². The van der Waals surface area contributed by atoms with Crippen LogP contribution in [0.5, 0.6) is 0 Å². The van der Waals surface area contributed by atoms with Crippen LogP contribution in [0.3, 0.4) is 0 Å². The van der Waals surface area contributed by atoms with Crippen molar-refractivity contribution in [3.8, 4) is 0 Å². The molecule has 0 aliphatic heterocycles. The lowest BCUT2D eigenvalue weighted by Gasteiger charge is -2.17. The van der Waals surface area contributed by atoms with Crippen LogP contribution in [0.1, 0.15) is 32.5 Å². The van der Waals surface area contributed by atoms with Gasteiger partial charge in [-0.2, -0.15) is 10.2 Å². The number of anilines is 1. The molecule has 0 bridgehead atoms. The molecule has 6 heteroatoms. The van der Waals surface area contributed by atoms with E-state index in [1.54, 1.807) is 0 Å². The zero-order valence-corrected chi connectivity index (χ0v) is 13.5. The molecule has 116 valence electrons. The molecule has 0 radical (unpaired) electrons. The van der Waals surface area contributed by atoms with Crippen LogP contribution < -0.4 is 5.32 Å². The van der Waals surface area contributed by atoms with E-state index in [0.29, 0.717) is 0 Å². The summed E-state index contributed by atoms with van der Waals surface area (Å²) < 4.78 is 3.89. The Labute approximate surface area is 126 Å². The van der Waals surface area contributed by atoms with E-state index < -0.39 is 0 Å². The Morgan fingerprint density at radius 2 is 2.05 bits per heavy atom.